The first-order chi connectivity index (χ1) is 9.95. The van der Waals surface area contributed by atoms with E-state index in [1.807, 2.05) is 18.2 Å². The second-order valence-electron chi connectivity index (χ2n) is 5.04. The Labute approximate surface area is 137 Å². The zero-order valence-corrected chi connectivity index (χ0v) is 14.2. The molecule has 4 nitrogen and oxygen atoms in total. The molecular weight excluding hydrogens is 354 g/mol. The molecule has 6 heteroatoms. The number of nitrogens with one attached hydrogen (secondary N) is 1. The molecule has 0 saturated heterocycles. The monoisotopic (exact) mass is 369 g/mol. The summed E-state index contributed by atoms with van der Waals surface area (Å²) >= 11 is 9.38. The van der Waals surface area contributed by atoms with Crippen LogP contribution >= 0.6 is 27.5 Å². The number of nitrogens with zero attached hydrogens (tertiary/aromatic N) is 1. The van der Waals surface area contributed by atoms with E-state index in [1.165, 1.54) is 0 Å². The molecule has 0 fully saturated rings. The zero-order valence-electron chi connectivity index (χ0n) is 11.9. The van der Waals surface area contributed by atoms with Crippen LogP contribution in [0.5, 0.6) is 5.88 Å². The van der Waals surface area contributed by atoms with Crippen molar-refractivity contribution in [3.63, 3.8) is 0 Å². The van der Waals surface area contributed by atoms with Gasteiger partial charge in [0.2, 0.25) is 5.88 Å². The molecule has 0 aliphatic carbocycles. The van der Waals surface area contributed by atoms with Crippen molar-refractivity contribution in [3.8, 4) is 5.88 Å². The van der Waals surface area contributed by atoms with Crippen molar-refractivity contribution in [1.29, 1.82) is 0 Å². The van der Waals surface area contributed by atoms with E-state index in [4.69, 9.17) is 22.1 Å². The highest BCUT2D eigenvalue weighted by molar-refractivity contribution is 9.10. The Morgan fingerprint density at radius 1 is 1.33 bits per heavy atom. The fourth-order valence-corrected chi connectivity index (χ4v) is 2.39. The number of aromatic nitrogens is 1. The Morgan fingerprint density at radius 2 is 2.10 bits per heavy atom. The van der Waals surface area contributed by atoms with Crippen LogP contribution < -0.4 is 15.8 Å². The quantitative estimate of drug-likeness (QED) is 0.789. The van der Waals surface area contributed by atoms with Gasteiger partial charge in [-0.1, -0.05) is 25.4 Å². The Morgan fingerprint density at radius 3 is 2.76 bits per heavy atom. The first-order valence-corrected chi connectivity index (χ1v) is 7.74. The van der Waals surface area contributed by atoms with E-state index >= 15 is 0 Å². The van der Waals surface area contributed by atoms with Gasteiger partial charge in [-0.2, -0.15) is 4.98 Å². The second kappa shape index (κ2) is 7.00. The summed E-state index contributed by atoms with van der Waals surface area (Å²) in [5.41, 5.74) is 7.27. The number of hydrogen-bond acceptors (Lipinski definition) is 4. The second-order valence-corrected chi connectivity index (χ2v) is 6.34. The minimum atomic E-state index is 0.410. The average molecular weight is 371 g/mol. The number of nitrogen functional groups attached to an aromatic ring is 1. The lowest BCUT2D eigenvalue weighted by Crippen LogP contribution is -2.08. The van der Waals surface area contributed by atoms with Crippen molar-refractivity contribution in [2.45, 2.75) is 13.8 Å². The van der Waals surface area contributed by atoms with Crippen molar-refractivity contribution in [3.05, 3.63) is 39.8 Å². The molecule has 0 bridgehead atoms. The fraction of sp³-hybridized carbons (Fsp3) is 0.267. The summed E-state index contributed by atoms with van der Waals surface area (Å²) in [7, 11) is 0. The van der Waals surface area contributed by atoms with Crippen LogP contribution in [0.25, 0.3) is 0 Å². The third kappa shape index (κ3) is 4.51. The molecule has 0 radical (unpaired) electrons. The van der Waals surface area contributed by atoms with E-state index in [9.17, 15) is 0 Å². The number of halogens is 2. The normalized spacial score (nSPS) is 10.7. The molecule has 2 rings (SSSR count). The Kier molecular flexibility index (Phi) is 5.31. The molecule has 0 aliphatic rings. The summed E-state index contributed by atoms with van der Waals surface area (Å²) in [5, 5.41) is 3.87. The molecule has 1 aromatic heterocycles. The van der Waals surface area contributed by atoms with Gasteiger partial charge in [0, 0.05) is 9.50 Å². The summed E-state index contributed by atoms with van der Waals surface area (Å²) < 4.78 is 6.48. The molecule has 2 aromatic rings. The first kappa shape index (κ1) is 15.9. The average Bonchev–Trinajstić information content (AvgIpc) is 2.42. The molecule has 3 N–H and O–H groups in total. The number of benzene rings is 1. The minimum Gasteiger partial charge on any atom is -0.476 e. The smallest absolute Gasteiger partial charge is 0.239 e. The SMILES string of the molecule is CC(C)COc1nc(Nc2ccc(Cl)cc2Br)ccc1N. The Hall–Kier alpha value is -1.46. The predicted octanol–water partition coefficient (Wildman–Crippen LogP) is 4.86. The maximum Gasteiger partial charge on any atom is 0.239 e. The first-order valence-electron chi connectivity index (χ1n) is 6.57. The standard InChI is InChI=1S/C15H17BrClN3O/c1-9(2)8-21-15-12(18)4-6-14(20-15)19-13-5-3-10(17)7-11(13)16/h3-7,9H,8,18H2,1-2H3,(H,19,20). The lowest BCUT2D eigenvalue weighted by atomic mass is 10.2. The molecule has 1 aromatic carbocycles. The van der Waals surface area contributed by atoms with Gasteiger partial charge in [-0.25, -0.2) is 0 Å². The van der Waals surface area contributed by atoms with Gasteiger partial charge in [0.15, 0.2) is 0 Å². The molecule has 0 spiro atoms. The number of nitrogens with two attached hydrogens (primary N) is 1. The van der Waals surface area contributed by atoms with Crippen molar-refractivity contribution in [2.75, 3.05) is 17.7 Å². The molecular formula is C15H17BrClN3O. The number of rotatable bonds is 5. The summed E-state index contributed by atoms with van der Waals surface area (Å²) in [4.78, 5) is 4.39. The molecule has 112 valence electrons. The molecule has 0 amide bonds. The highest BCUT2D eigenvalue weighted by atomic mass is 79.9. The van der Waals surface area contributed by atoms with E-state index in [0.29, 0.717) is 34.9 Å². The van der Waals surface area contributed by atoms with Gasteiger partial charge < -0.3 is 15.8 Å². The van der Waals surface area contributed by atoms with E-state index in [2.05, 4.69) is 40.1 Å². The summed E-state index contributed by atoms with van der Waals surface area (Å²) in [5.74, 6) is 1.51. The molecule has 0 aliphatic heterocycles. The highest BCUT2D eigenvalue weighted by Gasteiger charge is 2.07. The number of ether oxygens (including phenoxy) is 1. The van der Waals surface area contributed by atoms with E-state index in [0.717, 1.165) is 10.2 Å². The molecule has 0 saturated carbocycles. The van der Waals surface area contributed by atoms with E-state index < -0.39 is 0 Å². The number of anilines is 3. The van der Waals surface area contributed by atoms with Crippen LogP contribution in [-0.4, -0.2) is 11.6 Å². The van der Waals surface area contributed by atoms with Gasteiger partial charge in [0.25, 0.3) is 0 Å². The van der Waals surface area contributed by atoms with Gasteiger partial charge in [-0.3, -0.25) is 0 Å². The van der Waals surface area contributed by atoms with Crippen LogP contribution in [0.1, 0.15) is 13.8 Å². The maximum absolute atomic E-state index is 5.93. The van der Waals surface area contributed by atoms with Crippen LogP contribution in [0.4, 0.5) is 17.2 Å². The van der Waals surface area contributed by atoms with Gasteiger partial charge in [-0.05, 0) is 52.2 Å². The molecule has 0 atom stereocenters. The van der Waals surface area contributed by atoms with Crippen LogP contribution in [0.2, 0.25) is 5.02 Å². The third-order valence-electron chi connectivity index (χ3n) is 2.64. The maximum atomic E-state index is 5.93. The van der Waals surface area contributed by atoms with Crippen LogP contribution in [0, 0.1) is 5.92 Å². The molecule has 0 unspecified atom stereocenters. The van der Waals surface area contributed by atoms with Crippen LogP contribution in [0.3, 0.4) is 0 Å². The number of hydrogen-bond donors (Lipinski definition) is 2. The molecule has 1 heterocycles. The predicted molar refractivity (Wildman–Crippen MR) is 91.4 cm³/mol. The largest absolute Gasteiger partial charge is 0.476 e. The van der Waals surface area contributed by atoms with Gasteiger partial charge >= 0.3 is 0 Å². The third-order valence-corrected chi connectivity index (χ3v) is 3.53. The van der Waals surface area contributed by atoms with Crippen LogP contribution in [-0.2, 0) is 0 Å². The van der Waals surface area contributed by atoms with Crippen molar-refractivity contribution in [2.24, 2.45) is 5.92 Å². The minimum absolute atomic E-state index is 0.410. The lowest BCUT2D eigenvalue weighted by molar-refractivity contribution is 0.263. The number of pyridine rings is 1. The van der Waals surface area contributed by atoms with Crippen molar-refractivity contribution in [1.82, 2.24) is 4.98 Å². The van der Waals surface area contributed by atoms with Gasteiger partial charge in [-0.15, -0.1) is 0 Å². The van der Waals surface area contributed by atoms with E-state index in [1.54, 1.807) is 12.1 Å². The zero-order chi connectivity index (χ0) is 15.4. The van der Waals surface area contributed by atoms with E-state index in [-0.39, 0.29) is 0 Å². The Bertz CT molecular complexity index is 634. The van der Waals surface area contributed by atoms with Gasteiger partial charge in [0.1, 0.15) is 5.82 Å². The van der Waals surface area contributed by atoms with Crippen molar-refractivity contribution < 1.29 is 4.74 Å². The Balaban J connectivity index is 2.18. The van der Waals surface area contributed by atoms with Crippen molar-refractivity contribution >= 4 is 44.7 Å². The summed E-state index contributed by atoms with van der Waals surface area (Å²) in [6.45, 7) is 4.72. The topological polar surface area (TPSA) is 60.2 Å². The fourth-order valence-electron chi connectivity index (χ4n) is 1.61. The summed E-state index contributed by atoms with van der Waals surface area (Å²) in [6, 6.07) is 9.08. The lowest BCUT2D eigenvalue weighted by Gasteiger charge is -2.13. The molecule has 21 heavy (non-hydrogen) atoms. The summed E-state index contributed by atoms with van der Waals surface area (Å²) in [6.07, 6.45) is 0. The highest BCUT2D eigenvalue weighted by Crippen LogP contribution is 2.29. The van der Waals surface area contributed by atoms with Gasteiger partial charge in [0.05, 0.1) is 18.0 Å². The van der Waals surface area contributed by atoms with Crippen LogP contribution in [0.15, 0.2) is 34.8 Å².